The van der Waals surface area contributed by atoms with Gasteiger partial charge in [-0.1, -0.05) is 63.6 Å². The molecule has 4 rings (SSSR count). The molecule has 0 amide bonds. The summed E-state index contributed by atoms with van der Waals surface area (Å²) in [4.78, 5) is 13.8. The number of esters is 1. The molecule has 320 valence electrons. The maximum atomic E-state index is 13.7. The Morgan fingerprint density at radius 1 is 0.964 bits per heavy atom. The number of rotatable bonds is 9. The Labute approximate surface area is 327 Å². The van der Waals surface area contributed by atoms with Crippen LogP contribution in [0.1, 0.15) is 132 Å². The normalized spacial score (nSPS) is 19.2. The van der Waals surface area contributed by atoms with Crippen LogP contribution in [0.25, 0.3) is 0 Å². The second kappa shape index (κ2) is 23.7. The Hall–Kier alpha value is -3.45. The quantitative estimate of drug-likeness (QED) is 0.143. The van der Waals surface area contributed by atoms with E-state index < -0.39 is 36.1 Å². The number of allylic oxidation sites excluding steroid dienone is 3. The summed E-state index contributed by atoms with van der Waals surface area (Å²) in [7, 11) is 1.42. The lowest BCUT2D eigenvalue weighted by atomic mass is 9.80. The molecule has 14 heteroatoms. The molecule has 2 heterocycles. The number of benzene rings is 1. The van der Waals surface area contributed by atoms with Crippen molar-refractivity contribution >= 4 is 11.7 Å². The summed E-state index contributed by atoms with van der Waals surface area (Å²) >= 11 is 0. The van der Waals surface area contributed by atoms with E-state index in [0.29, 0.717) is 35.7 Å². The molecule has 0 saturated heterocycles. The molecule has 1 aliphatic carbocycles. The van der Waals surface area contributed by atoms with Gasteiger partial charge in [0.1, 0.15) is 5.76 Å². The molecule has 0 bridgehead atoms. The van der Waals surface area contributed by atoms with Crippen LogP contribution in [-0.2, 0) is 15.7 Å². The van der Waals surface area contributed by atoms with Gasteiger partial charge in [0.05, 0.1) is 24.8 Å². The van der Waals surface area contributed by atoms with E-state index in [-0.39, 0.29) is 5.97 Å². The Kier molecular flexibility index (Phi) is 21.4. The fourth-order valence-corrected chi connectivity index (χ4v) is 6.68. The van der Waals surface area contributed by atoms with Crippen molar-refractivity contribution in [2.24, 2.45) is 17.8 Å². The van der Waals surface area contributed by atoms with Crippen molar-refractivity contribution in [1.82, 2.24) is 5.16 Å². The number of aryl methyl sites for hydroxylation is 3. The number of hydrogen-bond acceptors (Lipinski definition) is 5. The zero-order chi connectivity index (χ0) is 42.9. The number of alkyl halides is 9. The predicted molar refractivity (Wildman–Crippen MR) is 203 cm³/mol. The number of anilines is 1. The van der Waals surface area contributed by atoms with Crippen molar-refractivity contribution < 1.29 is 53.6 Å². The zero-order valence-corrected chi connectivity index (χ0v) is 34.1. The Morgan fingerprint density at radius 3 is 1.98 bits per heavy atom. The van der Waals surface area contributed by atoms with E-state index in [1.54, 1.807) is 13.0 Å². The third-order valence-corrected chi connectivity index (χ3v) is 10.0. The van der Waals surface area contributed by atoms with Crippen LogP contribution >= 0.6 is 0 Å². The van der Waals surface area contributed by atoms with Crippen LogP contribution in [0.2, 0.25) is 0 Å². The van der Waals surface area contributed by atoms with Crippen LogP contribution in [0, 0.1) is 38.5 Å². The summed E-state index contributed by atoms with van der Waals surface area (Å²) in [5, 5.41) is 3.64. The third-order valence-electron chi connectivity index (χ3n) is 10.0. The number of unbranched alkanes of at least 4 members (excludes halogenated alkanes) is 1. The number of ether oxygens (including phenoxy) is 1. The molecule has 56 heavy (non-hydrogen) atoms. The molecule has 2 unspecified atom stereocenters. The number of aromatic nitrogens is 1. The maximum Gasteiger partial charge on any atom is 0.416 e. The van der Waals surface area contributed by atoms with Crippen molar-refractivity contribution in [3.8, 4) is 0 Å². The summed E-state index contributed by atoms with van der Waals surface area (Å²) in [6, 6.07) is 5.13. The van der Waals surface area contributed by atoms with Crippen molar-refractivity contribution in [2.75, 3.05) is 25.1 Å². The van der Waals surface area contributed by atoms with Crippen LogP contribution in [-0.4, -0.2) is 43.7 Å². The van der Waals surface area contributed by atoms with Gasteiger partial charge in [-0.25, -0.2) is 0 Å². The first-order valence-corrected chi connectivity index (χ1v) is 19.3. The largest absolute Gasteiger partial charge is 0.469 e. The first kappa shape index (κ1) is 50.6. The number of halogens is 9. The molecule has 0 N–H and O–H groups in total. The van der Waals surface area contributed by atoms with Gasteiger partial charge in [0.2, 0.25) is 0 Å². The van der Waals surface area contributed by atoms with Gasteiger partial charge in [0, 0.05) is 36.8 Å². The summed E-state index contributed by atoms with van der Waals surface area (Å²) in [6.45, 7) is 16.9. The number of carbonyl (C=O) groups is 1. The van der Waals surface area contributed by atoms with Crippen molar-refractivity contribution in [2.45, 2.75) is 144 Å². The highest BCUT2D eigenvalue weighted by atomic mass is 19.4. The Bertz CT molecular complexity index is 1470. The first-order chi connectivity index (χ1) is 25.9. The topological polar surface area (TPSA) is 55.6 Å². The number of hydrogen-bond donors (Lipinski definition) is 0. The van der Waals surface area contributed by atoms with Gasteiger partial charge in [-0.15, -0.1) is 0 Å². The number of nitrogens with zero attached hydrogens (tertiary/aromatic N) is 2. The van der Waals surface area contributed by atoms with Gasteiger partial charge in [-0.2, -0.15) is 39.5 Å². The minimum Gasteiger partial charge on any atom is -0.469 e. The smallest absolute Gasteiger partial charge is 0.416 e. The lowest BCUT2D eigenvalue weighted by Gasteiger charge is -2.35. The van der Waals surface area contributed by atoms with E-state index in [1.807, 2.05) is 32.9 Å². The van der Waals surface area contributed by atoms with E-state index in [4.69, 9.17) is 9.26 Å². The minimum atomic E-state index is -4.34. The second-order valence-corrected chi connectivity index (χ2v) is 14.9. The van der Waals surface area contributed by atoms with E-state index >= 15 is 0 Å². The van der Waals surface area contributed by atoms with Crippen molar-refractivity contribution in [3.63, 3.8) is 0 Å². The van der Waals surface area contributed by atoms with Gasteiger partial charge >= 0.3 is 24.5 Å². The van der Waals surface area contributed by atoms with Gasteiger partial charge in [0.25, 0.3) is 0 Å². The standard InChI is InChI=1S/C26H38F3NO2.C7H11F3.C5H7NO.C4H5F3/c1-5-17(2)21-7-6-12-30(16-20-10-8-19(9-11-20)14-25(31)32-4)24-15-23(26(27,28)29)18(3)13-22(21)24;1-2-3-4-5-6-7(8,9)10;1-4-3-5(2)7-6-4;1-3(2)4(5,6)7/h13,15,17,19-21H,5-12,14,16H2,1-4H3;4-5H,2-3,6H2,1H3;3H,1-2H3;1H2,2H3/b;5-4+;;. The Morgan fingerprint density at radius 2 is 1.55 bits per heavy atom. The molecular formula is C42H61F9N2O3. The minimum absolute atomic E-state index is 0.152. The van der Waals surface area contributed by atoms with Crippen LogP contribution in [0.15, 0.2) is 47.0 Å². The average molecular weight is 813 g/mol. The molecule has 1 aromatic carbocycles. The molecule has 0 radical (unpaired) electrons. The molecule has 2 aliphatic rings. The zero-order valence-electron chi connectivity index (χ0n) is 34.1. The highest BCUT2D eigenvalue weighted by Crippen LogP contribution is 2.45. The van der Waals surface area contributed by atoms with Crippen LogP contribution in [0.5, 0.6) is 0 Å². The fraction of sp³-hybridized carbons (Fsp3) is 0.667. The Balaban J connectivity index is 0.000000526. The fourth-order valence-electron chi connectivity index (χ4n) is 6.68. The third kappa shape index (κ3) is 19.1. The summed E-state index contributed by atoms with van der Waals surface area (Å²) in [6.07, 6.45) is -1.49. The molecule has 0 spiro atoms. The van der Waals surface area contributed by atoms with Crippen molar-refractivity contribution in [3.05, 3.63) is 70.6 Å². The van der Waals surface area contributed by atoms with Crippen LogP contribution in [0.3, 0.4) is 0 Å². The SMILES string of the molecule is C=C(C)C(F)(F)F.CCC(C)C1CCCN(CC2CCC(CC(=O)OC)CC2)c2cc(C(F)(F)F)c(C)cc21.CCC/C=C/CC(F)(F)F.Cc1cc(C)on1. The van der Waals surface area contributed by atoms with E-state index in [0.717, 1.165) is 101 Å². The molecule has 2 aromatic rings. The predicted octanol–water partition coefficient (Wildman–Crippen LogP) is 13.8. The van der Waals surface area contributed by atoms with E-state index in [2.05, 4.69) is 30.5 Å². The molecule has 1 saturated carbocycles. The van der Waals surface area contributed by atoms with E-state index in [9.17, 15) is 44.3 Å². The number of methoxy groups -OCH3 is 1. The van der Waals surface area contributed by atoms with Crippen LogP contribution < -0.4 is 4.90 Å². The summed E-state index contributed by atoms with van der Waals surface area (Å²) in [5.41, 5.74) is 1.90. The van der Waals surface area contributed by atoms with Gasteiger partial charge in [-0.3, -0.25) is 4.79 Å². The summed E-state index contributed by atoms with van der Waals surface area (Å²) in [5.74, 6) is 2.28. The van der Waals surface area contributed by atoms with Crippen molar-refractivity contribution in [1.29, 1.82) is 0 Å². The van der Waals surface area contributed by atoms with Gasteiger partial charge < -0.3 is 14.2 Å². The average Bonchev–Trinajstić information content (AvgIpc) is 3.40. The monoisotopic (exact) mass is 812 g/mol. The lowest BCUT2D eigenvalue weighted by Crippen LogP contribution is -2.33. The molecule has 1 fully saturated rings. The molecule has 1 aliphatic heterocycles. The first-order valence-electron chi connectivity index (χ1n) is 19.3. The van der Waals surface area contributed by atoms with E-state index in [1.165, 1.54) is 19.3 Å². The highest BCUT2D eigenvalue weighted by molar-refractivity contribution is 5.69. The lowest BCUT2D eigenvalue weighted by molar-refractivity contribution is -0.142. The van der Waals surface area contributed by atoms with Gasteiger partial charge in [-0.05, 0) is 114 Å². The highest BCUT2D eigenvalue weighted by Gasteiger charge is 2.36. The molecular weight excluding hydrogens is 751 g/mol. The number of carbonyl (C=O) groups excluding carboxylic acids is 1. The summed E-state index contributed by atoms with van der Waals surface area (Å²) < 4.78 is 118. The number of fused-ring (bicyclic) bond motifs is 1. The second-order valence-electron chi connectivity index (χ2n) is 14.9. The maximum absolute atomic E-state index is 13.7. The molecule has 1 aromatic heterocycles. The molecule has 2 atom stereocenters. The van der Waals surface area contributed by atoms with Gasteiger partial charge in [0.15, 0.2) is 0 Å². The van der Waals surface area contributed by atoms with Crippen LogP contribution in [0.4, 0.5) is 45.2 Å². The molecule has 5 nitrogen and oxygen atoms in total.